The van der Waals surface area contributed by atoms with E-state index >= 15 is 0 Å². The highest BCUT2D eigenvalue weighted by molar-refractivity contribution is 5.86. The van der Waals surface area contributed by atoms with Gasteiger partial charge in [-0.3, -0.25) is 9.59 Å². The van der Waals surface area contributed by atoms with Crippen LogP contribution >= 0.6 is 0 Å². The van der Waals surface area contributed by atoms with Crippen molar-refractivity contribution in [3.05, 3.63) is 0 Å². The van der Waals surface area contributed by atoms with Crippen LogP contribution in [0.2, 0.25) is 0 Å². The zero-order valence-corrected chi connectivity index (χ0v) is 13.5. The van der Waals surface area contributed by atoms with Gasteiger partial charge in [0.25, 0.3) is 0 Å². The van der Waals surface area contributed by atoms with Crippen LogP contribution in [-0.2, 0) is 9.59 Å². The molecule has 0 aromatic rings. The van der Waals surface area contributed by atoms with Crippen LogP contribution in [0.25, 0.3) is 0 Å². The van der Waals surface area contributed by atoms with E-state index in [-0.39, 0.29) is 38.1 Å². The number of nitrogens with zero attached hydrogens (tertiary/aromatic N) is 1. The highest BCUT2D eigenvalue weighted by atomic mass is 16.3. The molecule has 0 aliphatic rings. The van der Waals surface area contributed by atoms with E-state index in [1.165, 1.54) is 0 Å². The third kappa shape index (κ3) is 5.96. The minimum absolute atomic E-state index is 0.131. The molecule has 0 aromatic carbocycles. The monoisotopic (exact) mass is 304 g/mol. The molecule has 5 N–H and O–H groups in total. The third-order valence-corrected chi connectivity index (χ3v) is 3.20. The minimum Gasteiger partial charge on any atom is -0.395 e. The molecule has 0 atom stereocenters. The number of aliphatic hydroxyl groups is 2. The highest BCUT2D eigenvalue weighted by Crippen LogP contribution is 2.13. The molecule has 0 aromatic heterocycles. The fourth-order valence-corrected chi connectivity index (χ4v) is 1.54. The maximum Gasteiger partial charge on any atom is 0.241 e. The average Bonchev–Trinajstić information content (AvgIpc) is 2.41. The molecule has 0 bridgehead atoms. The van der Waals surface area contributed by atoms with Gasteiger partial charge in [-0.05, 0) is 27.7 Å². The summed E-state index contributed by atoms with van der Waals surface area (Å²) < 4.78 is 0. The summed E-state index contributed by atoms with van der Waals surface area (Å²) in [6.45, 7) is 6.85. The fourth-order valence-electron chi connectivity index (χ4n) is 1.54. The van der Waals surface area contributed by atoms with Gasteiger partial charge in [-0.1, -0.05) is 0 Å². The molecule has 0 spiro atoms. The summed E-state index contributed by atoms with van der Waals surface area (Å²) in [5.74, 6) is -0.548. The van der Waals surface area contributed by atoms with E-state index in [9.17, 15) is 9.59 Å². The molecule has 0 unspecified atom stereocenters. The molecule has 0 saturated heterocycles. The van der Waals surface area contributed by atoms with Gasteiger partial charge in [0.15, 0.2) is 0 Å². The lowest BCUT2D eigenvalue weighted by molar-refractivity contribution is -0.138. The van der Waals surface area contributed by atoms with E-state index in [2.05, 4.69) is 16.1 Å². The molecule has 0 fully saturated rings. The number of hydrazine groups is 1. The van der Waals surface area contributed by atoms with Gasteiger partial charge in [0.1, 0.15) is 11.1 Å². The van der Waals surface area contributed by atoms with Crippen molar-refractivity contribution < 1.29 is 19.8 Å². The molecule has 8 nitrogen and oxygen atoms in total. The SMILES string of the molecule is CN(NC(C)(C)C(=O)NCCO)C(C)(C)C(=O)NCCO. The maximum atomic E-state index is 12.1. The number of likely N-dealkylation sites (N-methyl/N-ethyl adjacent to an activating group) is 1. The van der Waals surface area contributed by atoms with Gasteiger partial charge in [-0.15, -0.1) is 0 Å². The van der Waals surface area contributed by atoms with E-state index in [4.69, 9.17) is 10.2 Å². The molecule has 0 heterocycles. The number of hydrogen-bond donors (Lipinski definition) is 5. The number of aliphatic hydroxyl groups excluding tert-OH is 2. The average molecular weight is 304 g/mol. The second-order valence-corrected chi connectivity index (χ2v) is 5.81. The molecule has 0 aliphatic carbocycles. The van der Waals surface area contributed by atoms with Gasteiger partial charge in [-0.2, -0.15) is 0 Å². The van der Waals surface area contributed by atoms with Crippen molar-refractivity contribution in [2.24, 2.45) is 0 Å². The Morgan fingerprint density at radius 1 is 0.952 bits per heavy atom. The highest BCUT2D eigenvalue weighted by Gasteiger charge is 2.37. The Bertz CT molecular complexity index is 358. The Labute approximate surface area is 125 Å². The zero-order valence-electron chi connectivity index (χ0n) is 13.5. The Morgan fingerprint density at radius 2 is 1.38 bits per heavy atom. The van der Waals surface area contributed by atoms with E-state index < -0.39 is 11.1 Å². The van der Waals surface area contributed by atoms with E-state index in [1.807, 2.05) is 0 Å². The van der Waals surface area contributed by atoms with Gasteiger partial charge in [0.05, 0.1) is 13.2 Å². The van der Waals surface area contributed by atoms with Crippen LogP contribution in [0.1, 0.15) is 27.7 Å². The summed E-state index contributed by atoms with van der Waals surface area (Å²) in [6.07, 6.45) is 0. The molecular weight excluding hydrogens is 276 g/mol. The van der Waals surface area contributed by atoms with Crippen molar-refractivity contribution in [2.75, 3.05) is 33.4 Å². The first kappa shape index (κ1) is 19.8. The Hall–Kier alpha value is -1.22. The van der Waals surface area contributed by atoms with E-state index in [0.717, 1.165) is 0 Å². The van der Waals surface area contributed by atoms with Gasteiger partial charge in [0, 0.05) is 20.1 Å². The van der Waals surface area contributed by atoms with Gasteiger partial charge >= 0.3 is 0 Å². The lowest BCUT2D eigenvalue weighted by Gasteiger charge is -2.39. The third-order valence-electron chi connectivity index (χ3n) is 3.20. The van der Waals surface area contributed by atoms with E-state index in [0.29, 0.717) is 0 Å². The van der Waals surface area contributed by atoms with Gasteiger partial charge in [0.2, 0.25) is 11.8 Å². The number of rotatable bonds is 9. The van der Waals surface area contributed by atoms with Crippen molar-refractivity contribution >= 4 is 11.8 Å². The van der Waals surface area contributed by atoms with Crippen LogP contribution in [0.5, 0.6) is 0 Å². The van der Waals surface area contributed by atoms with Crippen LogP contribution in [0.4, 0.5) is 0 Å². The largest absolute Gasteiger partial charge is 0.395 e. The lowest BCUT2D eigenvalue weighted by atomic mass is 10.0. The Kier molecular flexibility index (Phi) is 7.80. The maximum absolute atomic E-state index is 12.1. The zero-order chi connectivity index (χ0) is 16.7. The van der Waals surface area contributed by atoms with E-state index in [1.54, 1.807) is 39.8 Å². The second kappa shape index (κ2) is 8.28. The molecule has 0 saturated carbocycles. The first-order valence-electron chi connectivity index (χ1n) is 6.89. The number of carbonyl (C=O) groups excluding carboxylic acids is 2. The lowest BCUT2D eigenvalue weighted by Crippen LogP contribution is -2.66. The van der Waals surface area contributed by atoms with Crippen LogP contribution in [0.15, 0.2) is 0 Å². The molecule has 8 heteroatoms. The summed E-state index contributed by atoms with van der Waals surface area (Å²) in [7, 11) is 1.67. The van der Waals surface area contributed by atoms with Crippen LogP contribution < -0.4 is 16.1 Å². The smallest absolute Gasteiger partial charge is 0.241 e. The summed E-state index contributed by atoms with van der Waals surface area (Å²) in [6, 6.07) is 0. The normalized spacial score (nSPS) is 12.4. The van der Waals surface area contributed by atoms with Crippen LogP contribution in [-0.4, -0.2) is 71.5 Å². The second-order valence-electron chi connectivity index (χ2n) is 5.81. The predicted molar refractivity (Wildman–Crippen MR) is 79.2 cm³/mol. The molecule has 0 rings (SSSR count). The topological polar surface area (TPSA) is 114 Å². The molecule has 0 radical (unpaired) electrons. The summed E-state index contributed by atoms with van der Waals surface area (Å²) in [5, 5.41) is 24.2. The molecular formula is C13H28N4O4. The number of amides is 2. The summed E-state index contributed by atoms with van der Waals surface area (Å²) in [5.41, 5.74) is 1.12. The molecule has 124 valence electrons. The standard InChI is InChI=1S/C13H28N4O4/c1-12(2,10(20)14-6-8-18)16-17(5)13(3,4)11(21)15-7-9-19/h16,18-19H,6-9H2,1-5H3,(H,14,20)(H,15,21). The fraction of sp³-hybridized carbons (Fsp3) is 0.846. The van der Waals surface area contributed by atoms with Gasteiger partial charge < -0.3 is 20.8 Å². The number of nitrogens with one attached hydrogen (secondary N) is 3. The molecule has 21 heavy (non-hydrogen) atoms. The quantitative estimate of drug-likeness (QED) is 0.321. The van der Waals surface area contributed by atoms with Crippen molar-refractivity contribution in [3.63, 3.8) is 0 Å². The van der Waals surface area contributed by atoms with Crippen LogP contribution in [0.3, 0.4) is 0 Å². The molecule has 2 amide bonds. The number of hydrogen-bond acceptors (Lipinski definition) is 6. The van der Waals surface area contributed by atoms with Crippen molar-refractivity contribution in [2.45, 2.75) is 38.8 Å². The van der Waals surface area contributed by atoms with Crippen molar-refractivity contribution in [1.82, 2.24) is 21.1 Å². The Morgan fingerprint density at radius 3 is 1.81 bits per heavy atom. The minimum atomic E-state index is -0.946. The van der Waals surface area contributed by atoms with Crippen LogP contribution in [0, 0.1) is 0 Å². The molecule has 0 aliphatic heterocycles. The Balaban J connectivity index is 4.73. The van der Waals surface area contributed by atoms with Crippen molar-refractivity contribution in [1.29, 1.82) is 0 Å². The van der Waals surface area contributed by atoms with Gasteiger partial charge in [-0.25, -0.2) is 10.4 Å². The number of carbonyl (C=O) groups is 2. The summed E-state index contributed by atoms with van der Waals surface area (Å²) in [4.78, 5) is 24.0. The predicted octanol–water partition coefficient (Wildman–Crippen LogP) is -1.80. The van der Waals surface area contributed by atoms with Crippen molar-refractivity contribution in [3.8, 4) is 0 Å². The first-order valence-corrected chi connectivity index (χ1v) is 6.89. The first-order chi connectivity index (χ1) is 9.59. The summed E-state index contributed by atoms with van der Waals surface area (Å²) >= 11 is 0.